The summed E-state index contributed by atoms with van der Waals surface area (Å²) in [6, 6.07) is 17.8. The van der Waals surface area contributed by atoms with Gasteiger partial charge in [-0.15, -0.1) is 0 Å². The largest absolute Gasteiger partial charge is 0.379 e. The van der Waals surface area contributed by atoms with Gasteiger partial charge in [-0.1, -0.05) is 42.5 Å². The third-order valence-corrected chi connectivity index (χ3v) is 9.73. The van der Waals surface area contributed by atoms with Crippen molar-refractivity contribution in [2.24, 2.45) is 22.7 Å². The van der Waals surface area contributed by atoms with Crippen LogP contribution in [0.2, 0.25) is 0 Å². The Morgan fingerprint density at radius 2 is 1.44 bits per heavy atom. The quantitative estimate of drug-likeness (QED) is 0.387. The van der Waals surface area contributed by atoms with Crippen molar-refractivity contribution in [3.05, 3.63) is 71.3 Å². The van der Waals surface area contributed by atoms with Gasteiger partial charge in [-0.2, -0.15) is 0 Å². The topological polar surface area (TPSA) is 99.8 Å². The number of aryl methyl sites for hydroxylation is 1. The maximum absolute atomic E-state index is 13.7. The summed E-state index contributed by atoms with van der Waals surface area (Å²) in [5.74, 6) is 0.993. The number of ether oxygens (including phenoxy) is 1. The lowest BCUT2D eigenvalue weighted by Crippen LogP contribution is -2.61. The molecule has 4 aliphatic carbocycles. The number of nitrogens with zero attached hydrogens (tertiary/aromatic N) is 1. The summed E-state index contributed by atoms with van der Waals surface area (Å²) in [6.45, 7) is 3.67. The van der Waals surface area contributed by atoms with E-state index >= 15 is 0 Å². The van der Waals surface area contributed by atoms with Crippen molar-refractivity contribution in [1.82, 2.24) is 21.1 Å². The second-order valence-electron chi connectivity index (χ2n) is 12.8. The molecule has 4 bridgehead atoms. The van der Waals surface area contributed by atoms with Crippen LogP contribution in [-0.4, -0.2) is 55.6 Å². The van der Waals surface area contributed by atoms with E-state index in [9.17, 15) is 14.4 Å². The second kappa shape index (κ2) is 11.9. The number of nitrogens with one attached hydrogen (secondary N) is 3. The predicted octanol–water partition coefficient (Wildman–Crippen LogP) is 3.62. The number of rotatable bonds is 10. The van der Waals surface area contributed by atoms with Crippen molar-refractivity contribution >= 4 is 17.7 Å². The van der Waals surface area contributed by atoms with Crippen LogP contribution in [0.15, 0.2) is 54.6 Å². The highest BCUT2D eigenvalue weighted by Crippen LogP contribution is 2.65. The van der Waals surface area contributed by atoms with Crippen LogP contribution in [0, 0.1) is 22.7 Å². The van der Waals surface area contributed by atoms with E-state index in [1.54, 1.807) is 12.1 Å². The van der Waals surface area contributed by atoms with Crippen LogP contribution in [0.1, 0.15) is 66.4 Å². The molecule has 2 atom stereocenters. The van der Waals surface area contributed by atoms with Gasteiger partial charge in [0.2, 0.25) is 11.8 Å². The number of hydrazine groups is 1. The number of hydrogen-bond donors (Lipinski definition) is 3. The van der Waals surface area contributed by atoms with Crippen molar-refractivity contribution in [3.63, 3.8) is 0 Å². The number of amides is 3. The number of carbonyl (C=O) groups is 3. The van der Waals surface area contributed by atoms with Gasteiger partial charge in [-0.25, -0.2) is 5.01 Å². The highest BCUT2D eigenvalue weighted by molar-refractivity contribution is 5.94. The van der Waals surface area contributed by atoms with E-state index < -0.39 is 10.8 Å². The number of morpholine rings is 1. The Labute approximate surface area is 242 Å². The third kappa shape index (κ3) is 6.19. The molecule has 7 rings (SSSR count). The summed E-state index contributed by atoms with van der Waals surface area (Å²) in [5, 5.41) is 8.33. The highest BCUT2D eigenvalue weighted by atomic mass is 16.5. The first kappa shape index (κ1) is 27.9. The first-order valence-electron chi connectivity index (χ1n) is 15.3. The molecule has 0 radical (unpaired) electrons. The lowest BCUT2D eigenvalue weighted by Gasteiger charge is -2.60. The molecule has 4 saturated carbocycles. The molecule has 8 nitrogen and oxygen atoms in total. The molecule has 2 aromatic carbocycles. The predicted molar refractivity (Wildman–Crippen MR) is 155 cm³/mol. The molecule has 1 heterocycles. The monoisotopic (exact) mass is 558 g/mol. The number of hydrogen-bond acceptors (Lipinski definition) is 5. The van der Waals surface area contributed by atoms with E-state index in [4.69, 9.17) is 4.74 Å². The Kier molecular flexibility index (Phi) is 8.13. The molecule has 0 spiro atoms. The van der Waals surface area contributed by atoms with Crippen molar-refractivity contribution < 1.29 is 19.1 Å². The first-order chi connectivity index (χ1) is 19.9. The zero-order chi connectivity index (χ0) is 28.3. The molecular formula is C33H42N4O4. The van der Waals surface area contributed by atoms with Gasteiger partial charge >= 0.3 is 0 Å². The SMILES string of the molecule is O=C(NN1CCOCC1)c1ccc(CNC(=O)C23CC4CC(CC(C(=O)NCCCc5ccccc5)(C4)C2)C3)cc1. The molecule has 8 heteroatoms. The van der Waals surface area contributed by atoms with Crippen molar-refractivity contribution in [1.29, 1.82) is 0 Å². The Morgan fingerprint density at radius 3 is 2.10 bits per heavy atom. The maximum atomic E-state index is 13.7. The smallest absolute Gasteiger partial charge is 0.265 e. The minimum absolute atomic E-state index is 0.0852. The minimum atomic E-state index is -0.455. The van der Waals surface area contributed by atoms with Crippen molar-refractivity contribution in [3.8, 4) is 0 Å². The minimum Gasteiger partial charge on any atom is -0.379 e. The van der Waals surface area contributed by atoms with Crippen molar-refractivity contribution in [2.75, 3.05) is 32.8 Å². The van der Waals surface area contributed by atoms with Crippen LogP contribution >= 0.6 is 0 Å². The average Bonchev–Trinajstić information content (AvgIpc) is 2.98. The maximum Gasteiger partial charge on any atom is 0.265 e. The van der Waals surface area contributed by atoms with Gasteiger partial charge in [0, 0.05) is 31.7 Å². The van der Waals surface area contributed by atoms with Crippen LogP contribution in [0.25, 0.3) is 0 Å². The first-order valence-corrected chi connectivity index (χ1v) is 15.3. The Hall–Kier alpha value is -3.23. The molecule has 218 valence electrons. The van der Waals surface area contributed by atoms with Gasteiger partial charge in [0.25, 0.3) is 5.91 Å². The molecule has 2 unspecified atom stereocenters. The standard InChI is InChI=1S/C33H42N4O4/c38-29(36-37-13-15-41-16-14-37)28-10-8-25(9-11-28)22-35-31(40)33-20-26-17-27(21-33)19-32(18-26,23-33)30(39)34-12-4-7-24-5-2-1-3-6-24/h1-3,5-6,8-11,26-27H,4,7,12-23H2,(H,34,39)(H,35,40)(H,36,38). The van der Waals surface area contributed by atoms with E-state index in [2.05, 4.69) is 40.3 Å². The molecule has 3 amide bonds. The number of benzene rings is 2. The van der Waals surface area contributed by atoms with Crippen LogP contribution in [0.3, 0.4) is 0 Å². The summed E-state index contributed by atoms with van der Waals surface area (Å²) in [5.41, 5.74) is 4.89. The van der Waals surface area contributed by atoms with Crippen LogP contribution in [0.5, 0.6) is 0 Å². The van der Waals surface area contributed by atoms with Gasteiger partial charge in [0.15, 0.2) is 0 Å². The van der Waals surface area contributed by atoms with Gasteiger partial charge in [0.1, 0.15) is 0 Å². The van der Waals surface area contributed by atoms with Gasteiger partial charge in [-0.3, -0.25) is 19.8 Å². The number of carbonyl (C=O) groups excluding carboxylic acids is 3. The van der Waals surface area contributed by atoms with Crippen LogP contribution < -0.4 is 16.1 Å². The molecular weight excluding hydrogens is 516 g/mol. The Balaban J connectivity index is 1.03. The summed E-state index contributed by atoms with van der Waals surface area (Å²) >= 11 is 0. The fourth-order valence-electron chi connectivity index (χ4n) is 8.15. The van der Waals surface area contributed by atoms with E-state index in [0.29, 0.717) is 63.2 Å². The van der Waals surface area contributed by atoms with Gasteiger partial charge in [-0.05, 0) is 86.5 Å². The summed E-state index contributed by atoms with van der Waals surface area (Å²) in [7, 11) is 0. The van der Waals surface area contributed by atoms with Gasteiger partial charge in [0.05, 0.1) is 24.0 Å². The lowest BCUT2D eigenvalue weighted by atomic mass is 9.43. The molecule has 3 N–H and O–H groups in total. The Morgan fingerprint density at radius 1 is 0.805 bits per heavy atom. The molecule has 5 aliphatic rings. The van der Waals surface area contributed by atoms with Gasteiger partial charge < -0.3 is 15.4 Å². The fraction of sp³-hybridized carbons (Fsp3) is 0.545. The van der Waals surface area contributed by atoms with E-state index in [0.717, 1.165) is 50.5 Å². The van der Waals surface area contributed by atoms with E-state index in [1.165, 1.54) is 5.56 Å². The summed E-state index contributed by atoms with van der Waals surface area (Å²) in [6.07, 6.45) is 7.27. The normalized spacial score (nSPS) is 28.7. The van der Waals surface area contributed by atoms with E-state index in [-0.39, 0.29) is 17.7 Å². The molecule has 0 aromatic heterocycles. The molecule has 1 saturated heterocycles. The summed E-state index contributed by atoms with van der Waals surface area (Å²) < 4.78 is 5.33. The zero-order valence-corrected chi connectivity index (χ0v) is 23.8. The summed E-state index contributed by atoms with van der Waals surface area (Å²) in [4.78, 5) is 39.9. The average molecular weight is 559 g/mol. The van der Waals surface area contributed by atoms with Crippen molar-refractivity contribution in [2.45, 2.75) is 57.9 Å². The fourth-order valence-corrected chi connectivity index (χ4v) is 8.15. The lowest BCUT2D eigenvalue weighted by molar-refractivity contribution is -0.167. The highest BCUT2D eigenvalue weighted by Gasteiger charge is 2.62. The molecule has 5 fully saturated rings. The van der Waals surface area contributed by atoms with Crippen LogP contribution in [-0.2, 0) is 27.3 Å². The second-order valence-corrected chi connectivity index (χ2v) is 12.8. The molecule has 41 heavy (non-hydrogen) atoms. The zero-order valence-electron chi connectivity index (χ0n) is 23.8. The third-order valence-electron chi connectivity index (χ3n) is 9.73. The molecule has 2 aromatic rings. The Bertz CT molecular complexity index is 1230. The van der Waals surface area contributed by atoms with Crippen LogP contribution in [0.4, 0.5) is 0 Å². The van der Waals surface area contributed by atoms with E-state index in [1.807, 2.05) is 23.2 Å². The molecule has 1 aliphatic heterocycles.